The van der Waals surface area contributed by atoms with E-state index in [4.69, 9.17) is 5.73 Å². The molecule has 1 aliphatic carbocycles. The molecule has 2 heteroatoms. The Morgan fingerprint density at radius 1 is 1.67 bits per heavy atom. The summed E-state index contributed by atoms with van der Waals surface area (Å²) in [6.07, 6.45) is 1.25. The van der Waals surface area contributed by atoms with Crippen LogP contribution in [0.15, 0.2) is 0 Å². The molecule has 0 amide bonds. The van der Waals surface area contributed by atoms with Crippen molar-refractivity contribution in [2.45, 2.75) is 19.4 Å². The largest absolute Gasteiger partial charge is 0.327 e. The molecule has 6 heavy (non-hydrogen) atoms. The quantitative estimate of drug-likeness (QED) is 0.486. The van der Waals surface area contributed by atoms with Gasteiger partial charge in [-0.15, -0.1) is 12.4 Å². The molecule has 0 saturated heterocycles. The number of hydrogen-bond donors (Lipinski definition) is 1. The zero-order valence-electron chi connectivity index (χ0n) is 3.85. The first-order valence-corrected chi connectivity index (χ1v) is 2.06. The standard InChI is InChI=1S/C4H9N.ClH/c1-3-2-4(3)5;/h3-4H,2,5H2,1H3;1H/t3-,4+;/m1./s1. The predicted molar refractivity (Wildman–Crippen MR) is 29.0 cm³/mol. The number of halogens is 1. The third-order valence-corrected chi connectivity index (χ3v) is 1.17. The van der Waals surface area contributed by atoms with Crippen molar-refractivity contribution in [3.63, 3.8) is 0 Å². The molecule has 1 saturated carbocycles. The van der Waals surface area contributed by atoms with E-state index in [-0.39, 0.29) is 12.4 Å². The van der Waals surface area contributed by atoms with E-state index in [0.29, 0.717) is 6.04 Å². The van der Waals surface area contributed by atoms with Gasteiger partial charge in [-0.05, 0) is 12.3 Å². The minimum atomic E-state index is 0. The van der Waals surface area contributed by atoms with Crippen LogP contribution >= 0.6 is 12.4 Å². The fraction of sp³-hybridized carbons (Fsp3) is 1.00. The van der Waals surface area contributed by atoms with Crippen LogP contribution in [0, 0.1) is 5.92 Å². The summed E-state index contributed by atoms with van der Waals surface area (Å²) in [5.74, 6) is 0.829. The molecular formula is C4H10ClN. The molecule has 2 N–H and O–H groups in total. The van der Waals surface area contributed by atoms with Gasteiger partial charge in [-0.3, -0.25) is 0 Å². The molecule has 0 heterocycles. The van der Waals surface area contributed by atoms with Gasteiger partial charge >= 0.3 is 0 Å². The van der Waals surface area contributed by atoms with E-state index in [2.05, 4.69) is 6.92 Å². The van der Waals surface area contributed by atoms with Gasteiger partial charge in [0.25, 0.3) is 0 Å². The van der Waals surface area contributed by atoms with E-state index in [1.54, 1.807) is 0 Å². The normalized spacial score (nSPS) is 41.0. The first kappa shape index (κ1) is 6.25. The van der Waals surface area contributed by atoms with Crippen LogP contribution in [0.25, 0.3) is 0 Å². The van der Waals surface area contributed by atoms with Crippen molar-refractivity contribution >= 4 is 12.4 Å². The summed E-state index contributed by atoms with van der Waals surface area (Å²) in [5.41, 5.74) is 5.37. The maximum absolute atomic E-state index is 5.37. The Balaban J connectivity index is 0.000000250. The molecule has 0 aromatic rings. The highest BCUT2D eigenvalue weighted by molar-refractivity contribution is 5.85. The minimum absolute atomic E-state index is 0. The Bertz CT molecular complexity index is 40.8. The summed E-state index contributed by atoms with van der Waals surface area (Å²) < 4.78 is 0. The maximum Gasteiger partial charge on any atom is 0.00682 e. The topological polar surface area (TPSA) is 26.0 Å². The van der Waals surface area contributed by atoms with Gasteiger partial charge in [-0.2, -0.15) is 0 Å². The molecule has 1 fully saturated rings. The van der Waals surface area contributed by atoms with Gasteiger partial charge in [0.1, 0.15) is 0 Å². The molecule has 0 bridgehead atoms. The first-order valence-electron chi connectivity index (χ1n) is 2.06. The van der Waals surface area contributed by atoms with Crippen LogP contribution in [0.4, 0.5) is 0 Å². The van der Waals surface area contributed by atoms with Gasteiger partial charge < -0.3 is 5.73 Å². The maximum atomic E-state index is 5.37. The van der Waals surface area contributed by atoms with Crippen LogP contribution in [0.1, 0.15) is 13.3 Å². The van der Waals surface area contributed by atoms with Gasteiger partial charge in [-0.1, -0.05) is 6.92 Å². The Labute approximate surface area is 44.3 Å². The Morgan fingerprint density at radius 3 is 1.83 bits per heavy atom. The highest BCUT2D eigenvalue weighted by Gasteiger charge is 2.27. The van der Waals surface area contributed by atoms with E-state index in [0.717, 1.165) is 5.92 Å². The number of rotatable bonds is 0. The van der Waals surface area contributed by atoms with Crippen LogP contribution in [0.3, 0.4) is 0 Å². The summed E-state index contributed by atoms with van der Waals surface area (Å²) in [5, 5.41) is 0. The molecule has 0 unspecified atom stereocenters. The lowest BCUT2D eigenvalue weighted by Crippen LogP contribution is -1.98. The molecule has 1 nitrogen and oxygen atoms in total. The second-order valence-corrected chi connectivity index (χ2v) is 1.88. The zero-order valence-corrected chi connectivity index (χ0v) is 4.66. The summed E-state index contributed by atoms with van der Waals surface area (Å²) >= 11 is 0. The van der Waals surface area contributed by atoms with Crippen molar-refractivity contribution in [1.29, 1.82) is 0 Å². The lowest BCUT2D eigenvalue weighted by Gasteiger charge is -1.69. The minimum Gasteiger partial charge on any atom is -0.327 e. The van der Waals surface area contributed by atoms with Crippen LogP contribution in [0.2, 0.25) is 0 Å². The summed E-state index contributed by atoms with van der Waals surface area (Å²) in [6, 6.07) is 0.551. The molecule has 0 radical (unpaired) electrons. The van der Waals surface area contributed by atoms with Gasteiger partial charge in [0.05, 0.1) is 0 Å². The molecule has 1 rings (SSSR count). The van der Waals surface area contributed by atoms with Crippen molar-refractivity contribution in [1.82, 2.24) is 0 Å². The fourth-order valence-corrected chi connectivity index (χ4v) is 0.351. The van der Waals surface area contributed by atoms with Gasteiger partial charge in [0.15, 0.2) is 0 Å². The second-order valence-electron chi connectivity index (χ2n) is 1.88. The lowest BCUT2D eigenvalue weighted by molar-refractivity contribution is 0.895. The first-order chi connectivity index (χ1) is 2.30. The molecular weight excluding hydrogens is 97.5 g/mol. The monoisotopic (exact) mass is 107 g/mol. The van der Waals surface area contributed by atoms with Gasteiger partial charge in [0.2, 0.25) is 0 Å². The smallest absolute Gasteiger partial charge is 0.00682 e. The second kappa shape index (κ2) is 1.80. The molecule has 0 aromatic heterocycles. The molecule has 38 valence electrons. The van der Waals surface area contributed by atoms with Crippen molar-refractivity contribution in [2.75, 3.05) is 0 Å². The average Bonchev–Trinajstić information content (AvgIpc) is 1.79. The third-order valence-electron chi connectivity index (χ3n) is 1.17. The van der Waals surface area contributed by atoms with Crippen LogP contribution in [-0.4, -0.2) is 6.04 Å². The summed E-state index contributed by atoms with van der Waals surface area (Å²) in [4.78, 5) is 0. The molecule has 0 aliphatic heterocycles. The Kier molecular flexibility index (Phi) is 1.88. The highest BCUT2D eigenvalue weighted by Crippen LogP contribution is 2.25. The van der Waals surface area contributed by atoms with Crippen molar-refractivity contribution in [3.05, 3.63) is 0 Å². The van der Waals surface area contributed by atoms with Gasteiger partial charge in [-0.25, -0.2) is 0 Å². The van der Waals surface area contributed by atoms with Crippen molar-refractivity contribution in [2.24, 2.45) is 11.7 Å². The SMILES string of the molecule is C[C@@H]1C[C@@H]1N.Cl. The Hall–Kier alpha value is 0.250. The summed E-state index contributed by atoms with van der Waals surface area (Å²) in [7, 11) is 0. The predicted octanol–water partition coefficient (Wildman–Crippen LogP) is 0.775. The molecule has 1 aliphatic rings. The van der Waals surface area contributed by atoms with E-state index >= 15 is 0 Å². The number of nitrogens with two attached hydrogens (primary N) is 1. The van der Waals surface area contributed by atoms with Crippen molar-refractivity contribution < 1.29 is 0 Å². The summed E-state index contributed by atoms with van der Waals surface area (Å²) in [6.45, 7) is 2.17. The van der Waals surface area contributed by atoms with E-state index in [1.165, 1.54) is 6.42 Å². The van der Waals surface area contributed by atoms with E-state index < -0.39 is 0 Å². The molecule has 0 aromatic carbocycles. The van der Waals surface area contributed by atoms with E-state index in [1.807, 2.05) is 0 Å². The van der Waals surface area contributed by atoms with Crippen LogP contribution in [0.5, 0.6) is 0 Å². The van der Waals surface area contributed by atoms with Crippen molar-refractivity contribution in [3.8, 4) is 0 Å². The lowest BCUT2D eigenvalue weighted by atomic mass is 10.5. The zero-order chi connectivity index (χ0) is 3.86. The fourth-order valence-electron chi connectivity index (χ4n) is 0.351. The van der Waals surface area contributed by atoms with E-state index in [9.17, 15) is 0 Å². The number of hydrogen-bond acceptors (Lipinski definition) is 1. The van der Waals surface area contributed by atoms with Crippen LogP contribution < -0.4 is 5.73 Å². The molecule has 0 spiro atoms. The average molecular weight is 108 g/mol. The van der Waals surface area contributed by atoms with Gasteiger partial charge in [0, 0.05) is 6.04 Å². The van der Waals surface area contributed by atoms with Crippen LogP contribution in [-0.2, 0) is 0 Å². The highest BCUT2D eigenvalue weighted by atomic mass is 35.5. The molecule has 2 atom stereocenters. The third kappa shape index (κ3) is 1.15. The Morgan fingerprint density at radius 2 is 1.83 bits per heavy atom.